The molecule has 0 fully saturated rings. The molecule has 78 valence electrons. The van der Waals surface area contributed by atoms with Gasteiger partial charge in [-0.1, -0.05) is 32.9 Å². The summed E-state index contributed by atoms with van der Waals surface area (Å²) in [5, 5.41) is 3.37. The molecule has 0 heterocycles. The average Bonchev–Trinajstić information content (AvgIpc) is 2.10. The van der Waals surface area contributed by atoms with Crippen molar-refractivity contribution in [2.45, 2.75) is 46.3 Å². The van der Waals surface area contributed by atoms with Crippen molar-refractivity contribution in [3.05, 3.63) is 12.2 Å². The molecule has 1 N–H and O–H groups in total. The van der Waals surface area contributed by atoms with Crippen LogP contribution in [0.25, 0.3) is 0 Å². The van der Waals surface area contributed by atoms with Crippen molar-refractivity contribution in [1.29, 1.82) is 0 Å². The maximum Gasteiger partial charge on any atom is 0.0701 e. The van der Waals surface area contributed by atoms with Gasteiger partial charge in [-0.25, -0.2) is 0 Å². The van der Waals surface area contributed by atoms with Crippen molar-refractivity contribution in [3.8, 4) is 0 Å². The second-order valence-electron chi connectivity index (χ2n) is 3.50. The summed E-state index contributed by atoms with van der Waals surface area (Å²) in [6, 6.07) is 0.541. The van der Waals surface area contributed by atoms with E-state index in [1.807, 2.05) is 19.1 Å². The molecule has 0 saturated heterocycles. The molecular weight excluding hydrogens is 162 g/mol. The lowest BCUT2D eigenvalue weighted by Gasteiger charge is -2.17. The molecule has 0 rings (SSSR count). The van der Waals surface area contributed by atoms with Crippen LogP contribution in [0, 0.1) is 0 Å². The third kappa shape index (κ3) is 8.00. The van der Waals surface area contributed by atoms with Gasteiger partial charge < -0.3 is 10.1 Å². The SMILES string of the molecule is CC=CCOC(CC)CNC(C)C. The fraction of sp³-hybridized carbons (Fsp3) is 0.818. The van der Waals surface area contributed by atoms with Crippen LogP contribution in [0.4, 0.5) is 0 Å². The van der Waals surface area contributed by atoms with Crippen LogP contribution in [0.15, 0.2) is 12.2 Å². The summed E-state index contributed by atoms with van der Waals surface area (Å²) in [5.74, 6) is 0. The van der Waals surface area contributed by atoms with E-state index in [1.54, 1.807) is 0 Å². The molecular formula is C11H23NO. The van der Waals surface area contributed by atoms with Crippen LogP contribution in [-0.4, -0.2) is 25.3 Å². The van der Waals surface area contributed by atoms with E-state index in [0.29, 0.717) is 12.1 Å². The lowest BCUT2D eigenvalue weighted by molar-refractivity contribution is 0.0697. The van der Waals surface area contributed by atoms with E-state index in [2.05, 4.69) is 26.1 Å². The summed E-state index contributed by atoms with van der Waals surface area (Å²) in [4.78, 5) is 0. The molecule has 0 radical (unpaired) electrons. The van der Waals surface area contributed by atoms with Gasteiger partial charge in [0.1, 0.15) is 0 Å². The van der Waals surface area contributed by atoms with Gasteiger partial charge in [-0.05, 0) is 13.3 Å². The molecule has 0 amide bonds. The quantitative estimate of drug-likeness (QED) is 0.615. The highest BCUT2D eigenvalue weighted by molar-refractivity contribution is 4.77. The van der Waals surface area contributed by atoms with Gasteiger partial charge in [0.15, 0.2) is 0 Å². The van der Waals surface area contributed by atoms with Gasteiger partial charge in [-0.2, -0.15) is 0 Å². The van der Waals surface area contributed by atoms with Crippen molar-refractivity contribution in [2.24, 2.45) is 0 Å². The van der Waals surface area contributed by atoms with Crippen molar-refractivity contribution in [1.82, 2.24) is 5.32 Å². The molecule has 1 atom stereocenters. The van der Waals surface area contributed by atoms with Gasteiger partial charge in [0.2, 0.25) is 0 Å². The van der Waals surface area contributed by atoms with Crippen LogP contribution in [0.5, 0.6) is 0 Å². The van der Waals surface area contributed by atoms with Crippen LogP contribution in [0.3, 0.4) is 0 Å². The van der Waals surface area contributed by atoms with Crippen molar-refractivity contribution < 1.29 is 4.74 Å². The van der Waals surface area contributed by atoms with E-state index in [1.165, 1.54) is 0 Å². The van der Waals surface area contributed by atoms with Crippen molar-refractivity contribution in [2.75, 3.05) is 13.2 Å². The molecule has 0 spiro atoms. The van der Waals surface area contributed by atoms with E-state index in [4.69, 9.17) is 4.74 Å². The first kappa shape index (κ1) is 12.7. The number of hydrogen-bond donors (Lipinski definition) is 1. The molecule has 2 nitrogen and oxygen atoms in total. The van der Waals surface area contributed by atoms with Crippen molar-refractivity contribution in [3.63, 3.8) is 0 Å². The van der Waals surface area contributed by atoms with E-state index in [9.17, 15) is 0 Å². The summed E-state index contributed by atoms with van der Waals surface area (Å²) in [6.45, 7) is 10.1. The Hall–Kier alpha value is -0.340. The Kier molecular flexibility index (Phi) is 8.05. The summed E-state index contributed by atoms with van der Waals surface area (Å²) in [7, 11) is 0. The highest BCUT2D eigenvalue weighted by atomic mass is 16.5. The molecule has 0 bridgehead atoms. The minimum atomic E-state index is 0.346. The van der Waals surface area contributed by atoms with Crippen LogP contribution in [0.1, 0.15) is 34.1 Å². The average molecular weight is 185 g/mol. The molecule has 2 heteroatoms. The van der Waals surface area contributed by atoms with Gasteiger partial charge in [0.05, 0.1) is 12.7 Å². The third-order valence-electron chi connectivity index (χ3n) is 1.87. The summed E-state index contributed by atoms with van der Waals surface area (Å²) in [6.07, 6.45) is 5.47. The van der Waals surface area contributed by atoms with Crippen LogP contribution < -0.4 is 5.32 Å². The Morgan fingerprint density at radius 3 is 2.54 bits per heavy atom. The highest BCUT2D eigenvalue weighted by Gasteiger charge is 2.05. The third-order valence-corrected chi connectivity index (χ3v) is 1.87. The fourth-order valence-corrected chi connectivity index (χ4v) is 0.976. The topological polar surface area (TPSA) is 21.3 Å². The molecule has 0 aliphatic carbocycles. The fourth-order valence-electron chi connectivity index (χ4n) is 0.976. The largest absolute Gasteiger partial charge is 0.373 e. The number of ether oxygens (including phenoxy) is 1. The predicted octanol–water partition coefficient (Wildman–Crippen LogP) is 2.36. The predicted molar refractivity (Wildman–Crippen MR) is 58.0 cm³/mol. The van der Waals surface area contributed by atoms with E-state index < -0.39 is 0 Å². The molecule has 0 aliphatic heterocycles. The number of rotatable bonds is 7. The molecule has 1 unspecified atom stereocenters. The Balaban J connectivity index is 3.50. The summed E-state index contributed by atoms with van der Waals surface area (Å²) >= 11 is 0. The maximum absolute atomic E-state index is 5.63. The zero-order valence-electron chi connectivity index (χ0n) is 9.34. The Labute approximate surface area is 82.4 Å². The zero-order valence-corrected chi connectivity index (χ0v) is 9.34. The Morgan fingerprint density at radius 2 is 2.08 bits per heavy atom. The first-order valence-corrected chi connectivity index (χ1v) is 5.16. The minimum absolute atomic E-state index is 0.346. The van der Waals surface area contributed by atoms with Crippen LogP contribution >= 0.6 is 0 Å². The van der Waals surface area contributed by atoms with Crippen LogP contribution in [0.2, 0.25) is 0 Å². The van der Waals surface area contributed by atoms with Gasteiger partial charge in [-0.3, -0.25) is 0 Å². The van der Waals surface area contributed by atoms with Crippen molar-refractivity contribution >= 4 is 0 Å². The second kappa shape index (κ2) is 8.27. The second-order valence-corrected chi connectivity index (χ2v) is 3.50. The first-order valence-electron chi connectivity index (χ1n) is 5.16. The van der Waals surface area contributed by atoms with E-state index in [0.717, 1.165) is 19.6 Å². The molecule has 0 aliphatic rings. The lowest BCUT2D eigenvalue weighted by Crippen LogP contribution is -2.33. The van der Waals surface area contributed by atoms with E-state index >= 15 is 0 Å². The standard InChI is InChI=1S/C11H23NO/c1-5-7-8-13-11(6-2)9-12-10(3)4/h5,7,10-12H,6,8-9H2,1-4H3. The Bertz CT molecular complexity index is 132. The first-order chi connectivity index (χ1) is 6.20. The summed E-state index contributed by atoms with van der Waals surface area (Å²) < 4.78 is 5.63. The van der Waals surface area contributed by atoms with Gasteiger partial charge in [-0.15, -0.1) is 0 Å². The molecule has 0 aromatic carbocycles. The molecule has 13 heavy (non-hydrogen) atoms. The number of nitrogens with one attached hydrogen (secondary N) is 1. The van der Waals surface area contributed by atoms with Crippen LogP contribution in [-0.2, 0) is 4.74 Å². The van der Waals surface area contributed by atoms with E-state index in [-0.39, 0.29) is 0 Å². The normalized spacial score (nSPS) is 14.2. The summed E-state index contributed by atoms with van der Waals surface area (Å²) in [5.41, 5.74) is 0. The molecule has 0 saturated carbocycles. The molecule has 0 aromatic heterocycles. The monoisotopic (exact) mass is 185 g/mol. The smallest absolute Gasteiger partial charge is 0.0701 e. The van der Waals surface area contributed by atoms with Gasteiger partial charge in [0.25, 0.3) is 0 Å². The number of hydrogen-bond acceptors (Lipinski definition) is 2. The number of allylic oxidation sites excluding steroid dienone is 1. The minimum Gasteiger partial charge on any atom is -0.373 e. The molecule has 0 aromatic rings. The lowest BCUT2D eigenvalue weighted by atomic mass is 10.2. The van der Waals surface area contributed by atoms with Gasteiger partial charge >= 0.3 is 0 Å². The zero-order chi connectivity index (χ0) is 10.1. The van der Waals surface area contributed by atoms with Gasteiger partial charge in [0, 0.05) is 12.6 Å². The highest BCUT2D eigenvalue weighted by Crippen LogP contribution is 1.97. The Morgan fingerprint density at radius 1 is 1.38 bits per heavy atom. The maximum atomic E-state index is 5.63.